The van der Waals surface area contributed by atoms with Crippen molar-refractivity contribution >= 4 is 6.09 Å². The number of rotatable bonds is 1. The lowest BCUT2D eigenvalue weighted by Crippen LogP contribution is -2.37. The van der Waals surface area contributed by atoms with Crippen LogP contribution in [0.25, 0.3) is 0 Å². The average Bonchev–Trinajstić information content (AvgIpc) is 2.43. The molecule has 74 valence electrons. The summed E-state index contributed by atoms with van der Waals surface area (Å²) in [5, 5.41) is 11.1. The molecule has 0 fully saturated rings. The highest BCUT2D eigenvalue weighted by Gasteiger charge is 2.30. The second kappa shape index (κ2) is 3.31. The van der Waals surface area contributed by atoms with Crippen LogP contribution in [0, 0.1) is 0 Å². The number of carboxylic acid groups (broad SMARTS) is 1. The minimum absolute atomic E-state index is 0.150. The highest BCUT2D eigenvalue weighted by Crippen LogP contribution is 2.29. The maximum absolute atomic E-state index is 10.5. The van der Waals surface area contributed by atoms with E-state index in [1.807, 2.05) is 24.3 Å². The summed E-state index contributed by atoms with van der Waals surface area (Å²) < 4.78 is 0. The van der Waals surface area contributed by atoms with E-state index in [4.69, 9.17) is 10.8 Å². The number of amides is 1. The van der Waals surface area contributed by atoms with Gasteiger partial charge in [-0.3, -0.25) is 0 Å². The van der Waals surface area contributed by atoms with Gasteiger partial charge in [-0.1, -0.05) is 24.3 Å². The normalized spacial score (nSPS) is 24.4. The molecule has 1 aliphatic rings. The van der Waals surface area contributed by atoms with E-state index in [0.717, 1.165) is 17.5 Å². The first kappa shape index (κ1) is 9.02. The van der Waals surface area contributed by atoms with E-state index >= 15 is 0 Å². The van der Waals surface area contributed by atoms with Gasteiger partial charge in [0.2, 0.25) is 0 Å². The van der Waals surface area contributed by atoms with E-state index in [0.29, 0.717) is 0 Å². The Morgan fingerprint density at radius 2 is 2.21 bits per heavy atom. The number of benzene rings is 1. The molecular formula is C10H12N2O2. The second-order valence-electron chi connectivity index (χ2n) is 3.49. The van der Waals surface area contributed by atoms with Crippen LogP contribution < -0.4 is 11.1 Å². The third-order valence-electron chi connectivity index (χ3n) is 2.55. The van der Waals surface area contributed by atoms with Gasteiger partial charge in [-0.25, -0.2) is 4.79 Å². The Kier molecular flexibility index (Phi) is 2.13. The molecule has 0 bridgehead atoms. The van der Waals surface area contributed by atoms with Crippen LogP contribution in [0.3, 0.4) is 0 Å². The van der Waals surface area contributed by atoms with E-state index in [9.17, 15) is 4.79 Å². The fourth-order valence-corrected chi connectivity index (χ4v) is 1.94. The minimum atomic E-state index is -1.03. The first-order chi connectivity index (χ1) is 6.68. The molecule has 4 nitrogen and oxygen atoms in total. The third-order valence-corrected chi connectivity index (χ3v) is 2.55. The minimum Gasteiger partial charge on any atom is -0.465 e. The topological polar surface area (TPSA) is 75.3 Å². The van der Waals surface area contributed by atoms with Crippen LogP contribution in [0.1, 0.15) is 17.2 Å². The van der Waals surface area contributed by atoms with E-state index in [1.54, 1.807) is 0 Å². The fraction of sp³-hybridized carbons (Fsp3) is 0.300. The predicted octanol–water partition coefficient (Wildman–Crippen LogP) is 0.879. The molecule has 0 radical (unpaired) electrons. The molecule has 0 saturated heterocycles. The van der Waals surface area contributed by atoms with Crippen molar-refractivity contribution in [2.24, 2.45) is 5.73 Å². The Balaban J connectivity index is 2.30. The molecule has 4 heteroatoms. The molecule has 1 amide bonds. The lowest BCUT2D eigenvalue weighted by atomic mass is 10.1. The summed E-state index contributed by atoms with van der Waals surface area (Å²) in [4.78, 5) is 10.5. The van der Waals surface area contributed by atoms with Crippen molar-refractivity contribution in [3.63, 3.8) is 0 Å². The molecule has 0 aromatic heterocycles. The maximum atomic E-state index is 10.5. The molecule has 1 aromatic rings. The highest BCUT2D eigenvalue weighted by atomic mass is 16.4. The zero-order valence-corrected chi connectivity index (χ0v) is 7.60. The van der Waals surface area contributed by atoms with Crippen molar-refractivity contribution in [1.82, 2.24) is 5.32 Å². The van der Waals surface area contributed by atoms with Gasteiger partial charge in [0.05, 0.1) is 6.04 Å². The Morgan fingerprint density at radius 3 is 2.93 bits per heavy atom. The molecule has 2 atom stereocenters. The monoisotopic (exact) mass is 192 g/mol. The molecule has 1 aliphatic carbocycles. The van der Waals surface area contributed by atoms with Crippen LogP contribution in [0.4, 0.5) is 4.79 Å². The number of nitrogens with two attached hydrogens (primary N) is 1. The molecule has 2 rings (SSSR count). The van der Waals surface area contributed by atoms with Crippen LogP contribution in [-0.2, 0) is 6.42 Å². The van der Waals surface area contributed by atoms with Crippen LogP contribution in [0.15, 0.2) is 24.3 Å². The molecular weight excluding hydrogens is 180 g/mol. The summed E-state index contributed by atoms with van der Waals surface area (Å²) in [6.07, 6.45) is -0.289. The number of hydrogen-bond acceptors (Lipinski definition) is 2. The largest absolute Gasteiger partial charge is 0.465 e. The smallest absolute Gasteiger partial charge is 0.405 e. The number of hydrogen-bond donors (Lipinski definition) is 3. The zero-order valence-electron chi connectivity index (χ0n) is 7.60. The lowest BCUT2D eigenvalue weighted by Gasteiger charge is -2.16. The van der Waals surface area contributed by atoms with Gasteiger partial charge in [-0.2, -0.15) is 0 Å². The summed E-state index contributed by atoms with van der Waals surface area (Å²) >= 11 is 0. The Morgan fingerprint density at radius 1 is 1.50 bits per heavy atom. The second-order valence-corrected chi connectivity index (χ2v) is 3.49. The van der Waals surface area contributed by atoms with Crippen molar-refractivity contribution in [2.75, 3.05) is 0 Å². The lowest BCUT2D eigenvalue weighted by molar-refractivity contribution is 0.188. The van der Waals surface area contributed by atoms with Gasteiger partial charge in [0.15, 0.2) is 0 Å². The van der Waals surface area contributed by atoms with Crippen molar-refractivity contribution in [1.29, 1.82) is 0 Å². The number of nitrogens with one attached hydrogen (secondary N) is 1. The first-order valence-corrected chi connectivity index (χ1v) is 4.51. The van der Waals surface area contributed by atoms with Gasteiger partial charge < -0.3 is 16.2 Å². The van der Waals surface area contributed by atoms with Crippen LogP contribution in [0.2, 0.25) is 0 Å². The summed E-state index contributed by atoms with van der Waals surface area (Å²) in [5.41, 5.74) is 7.99. The molecule has 2 unspecified atom stereocenters. The van der Waals surface area contributed by atoms with Crippen molar-refractivity contribution in [3.05, 3.63) is 35.4 Å². The van der Waals surface area contributed by atoms with Crippen LogP contribution >= 0.6 is 0 Å². The van der Waals surface area contributed by atoms with Crippen molar-refractivity contribution in [2.45, 2.75) is 18.5 Å². The molecule has 0 spiro atoms. The summed E-state index contributed by atoms with van der Waals surface area (Å²) in [7, 11) is 0. The van der Waals surface area contributed by atoms with Gasteiger partial charge in [-0.05, 0) is 17.5 Å². The highest BCUT2D eigenvalue weighted by molar-refractivity contribution is 5.66. The van der Waals surface area contributed by atoms with Gasteiger partial charge in [0, 0.05) is 6.04 Å². The van der Waals surface area contributed by atoms with Gasteiger partial charge in [0.1, 0.15) is 0 Å². The fourth-order valence-electron chi connectivity index (χ4n) is 1.94. The predicted molar refractivity (Wildman–Crippen MR) is 52.0 cm³/mol. The molecule has 14 heavy (non-hydrogen) atoms. The standard InChI is InChI=1S/C10H12N2O2/c11-8-5-6-3-1-2-4-7(6)9(8)12-10(13)14/h1-4,8-9,12H,5,11H2,(H,13,14). The summed E-state index contributed by atoms with van der Waals surface area (Å²) in [6, 6.07) is 7.33. The van der Waals surface area contributed by atoms with Gasteiger partial charge in [0.25, 0.3) is 0 Å². The van der Waals surface area contributed by atoms with Crippen LogP contribution in [0.5, 0.6) is 0 Å². The SMILES string of the molecule is NC1Cc2ccccc2C1NC(=O)O. The number of fused-ring (bicyclic) bond motifs is 1. The Labute approximate surface area is 81.7 Å². The summed E-state index contributed by atoms with van der Waals surface area (Å²) in [6.45, 7) is 0. The Hall–Kier alpha value is -1.55. The molecule has 0 heterocycles. The van der Waals surface area contributed by atoms with Gasteiger partial charge >= 0.3 is 6.09 Å². The number of carbonyl (C=O) groups is 1. The molecule has 0 aliphatic heterocycles. The molecule has 1 aromatic carbocycles. The molecule has 4 N–H and O–H groups in total. The maximum Gasteiger partial charge on any atom is 0.405 e. The van der Waals surface area contributed by atoms with Crippen molar-refractivity contribution in [3.8, 4) is 0 Å². The van der Waals surface area contributed by atoms with Crippen molar-refractivity contribution < 1.29 is 9.90 Å². The zero-order chi connectivity index (χ0) is 10.1. The Bertz CT molecular complexity index is 365. The van der Waals surface area contributed by atoms with E-state index in [-0.39, 0.29) is 12.1 Å². The third kappa shape index (κ3) is 1.44. The summed E-state index contributed by atoms with van der Waals surface area (Å²) in [5.74, 6) is 0. The van der Waals surface area contributed by atoms with E-state index < -0.39 is 6.09 Å². The average molecular weight is 192 g/mol. The first-order valence-electron chi connectivity index (χ1n) is 4.51. The quantitative estimate of drug-likeness (QED) is 0.618. The van der Waals surface area contributed by atoms with E-state index in [1.165, 1.54) is 0 Å². The van der Waals surface area contributed by atoms with Crippen LogP contribution in [-0.4, -0.2) is 17.2 Å². The van der Waals surface area contributed by atoms with E-state index in [2.05, 4.69) is 5.32 Å². The van der Waals surface area contributed by atoms with Gasteiger partial charge in [-0.15, -0.1) is 0 Å². The molecule has 0 saturated carbocycles.